The molecule has 11 heteroatoms. The maximum atomic E-state index is 12.8. The molecule has 2 aromatic heterocycles. The molecule has 2 heterocycles. The largest absolute Gasteiger partial charge is 0.419 e. The van der Waals surface area contributed by atoms with Gasteiger partial charge in [0.15, 0.2) is 0 Å². The van der Waals surface area contributed by atoms with E-state index in [0.29, 0.717) is 16.5 Å². The van der Waals surface area contributed by atoms with Crippen molar-refractivity contribution in [3.8, 4) is 22.8 Å². The Morgan fingerprint density at radius 1 is 0.964 bits per heavy atom. The maximum absolute atomic E-state index is 12.8. The SMILES string of the molecule is FC(F)(F)c1cccc(-c2nnn(Cc3nnc(-c4ccc(Cl)cc4)o3)n2)c1. The van der Waals surface area contributed by atoms with Crippen molar-refractivity contribution in [3.05, 3.63) is 65.0 Å². The molecule has 0 N–H and O–H groups in total. The molecule has 0 unspecified atom stereocenters. The third kappa shape index (κ3) is 3.86. The van der Waals surface area contributed by atoms with Gasteiger partial charge in [0, 0.05) is 16.1 Å². The van der Waals surface area contributed by atoms with Crippen LogP contribution in [0.1, 0.15) is 11.5 Å². The molecule has 0 aliphatic heterocycles. The van der Waals surface area contributed by atoms with E-state index in [1.807, 2.05) is 0 Å². The number of halogens is 4. The van der Waals surface area contributed by atoms with Gasteiger partial charge in [-0.3, -0.25) is 0 Å². The van der Waals surface area contributed by atoms with Gasteiger partial charge >= 0.3 is 6.18 Å². The number of rotatable bonds is 4. The van der Waals surface area contributed by atoms with Crippen LogP contribution in [-0.2, 0) is 12.7 Å². The lowest BCUT2D eigenvalue weighted by atomic mass is 10.1. The van der Waals surface area contributed by atoms with Crippen LogP contribution in [0.5, 0.6) is 0 Å². The molecule has 0 atom stereocenters. The third-order valence-electron chi connectivity index (χ3n) is 3.74. The van der Waals surface area contributed by atoms with Gasteiger partial charge in [0.2, 0.25) is 17.6 Å². The van der Waals surface area contributed by atoms with Gasteiger partial charge in [0.1, 0.15) is 6.54 Å². The van der Waals surface area contributed by atoms with E-state index in [1.165, 1.54) is 12.1 Å². The Morgan fingerprint density at radius 2 is 1.75 bits per heavy atom. The fraction of sp³-hybridized carbons (Fsp3) is 0.118. The highest BCUT2D eigenvalue weighted by atomic mass is 35.5. The summed E-state index contributed by atoms with van der Waals surface area (Å²) in [6.07, 6.45) is -4.45. The van der Waals surface area contributed by atoms with E-state index in [-0.39, 0.29) is 23.8 Å². The van der Waals surface area contributed by atoms with Crippen LogP contribution < -0.4 is 0 Å². The molecule has 4 rings (SSSR count). The van der Waals surface area contributed by atoms with Crippen LogP contribution >= 0.6 is 11.6 Å². The predicted molar refractivity (Wildman–Crippen MR) is 92.1 cm³/mol. The fourth-order valence-electron chi connectivity index (χ4n) is 2.41. The molecular formula is C17H10ClF3N6O. The lowest BCUT2D eigenvalue weighted by Gasteiger charge is -2.06. The van der Waals surface area contributed by atoms with Crippen molar-refractivity contribution in [1.29, 1.82) is 0 Å². The summed E-state index contributed by atoms with van der Waals surface area (Å²) in [5.41, 5.74) is 0.110. The van der Waals surface area contributed by atoms with Gasteiger partial charge < -0.3 is 4.42 Å². The summed E-state index contributed by atoms with van der Waals surface area (Å²) in [6, 6.07) is 11.6. The Labute approximate surface area is 160 Å². The van der Waals surface area contributed by atoms with E-state index in [9.17, 15) is 13.2 Å². The zero-order valence-corrected chi connectivity index (χ0v) is 14.7. The molecule has 0 aliphatic rings. The molecule has 4 aromatic rings. The van der Waals surface area contributed by atoms with Gasteiger partial charge in [-0.15, -0.1) is 20.4 Å². The summed E-state index contributed by atoms with van der Waals surface area (Å²) in [4.78, 5) is 1.16. The van der Waals surface area contributed by atoms with Crippen molar-refractivity contribution in [2.75, 3.05) is 0 Å². The van der Waals surface area contributed by atoms with Crippen LogP contribution in [0, 0.1) is 0 Å². The second-order valence-electron chi connectivity index (χ2n) is 5.73. The second kappa shape index (κ2) is 7.04. The van der Waals surface area contributed by atoms with Crippen molar-refractivity contribution in [2.45, 2.75) is 12.7 Å². The molecule has 0 bridgehead atoms. The first kappa shape index (κ1) is 18.1. The fourth-order valence-corrected chi connectivity index (χ4v) is 2.53. The zero-order valence-electron chi connectivity index (χ0n) is 13.9. The van der Waals surface area contributed by atoms with Gasteiger partial charge in [-0.25, -0.2) is 0 Å². The number of nitrogens with zero attached hydrogens (tertiary/aromatic N) is 6. The first-order valence-electron chi connectivity index (χ1n) is 7.92. The first-order chi connectivity index (χ1) is 13.4. The minimum atomic E-state index is -4.45. The van der Waals surface area contributed by atoms with E-state index in [0.717, 1.165) is 16.9 Å². The molecule has 0 saturated heterocycles. The molecule has 28 heavy (non-hydrogen) atoms. The van der Waals surface area contributed by atoms with Crippen LogP contribution in [0.25, 0.3) is 22.8 Å². The van der Waals surface area contributed by atoms with Crippen molar-refractivity contribution >= 4 is 11.6 Å². The summed E-state index contributed by atoms with van der Waals surface area (Å²) in [7, 11) is 0. The van der Waals surface area contributed by atoms with E-state index in [4.69, 9.17) is 16.0 Å². The Bertz CT molecular complexity index is 1110. The summed E-state index contributed by atoms with van der Waals surface area (Å²) < 4.78 is 44.1. The topological polar surface area (TPSA) is 82.5 Å². The molecule has 0 amide bonds. The van der Waals surface area contributed by atoms with Gasteiger partial charge in [0.05, 0.1) is 5.56 Å². The average Bonchev–Trinajstić information content (AvgIpc) is 3.32. The Morgan fingerprint density at radius 3 is 2.50 bits per heavy atom. The molecular weight excluding hydrogens is 397 g/mol. The highest BCUT2D eigenvalue weighted by molar-refractivity contribution is 6.30. The van der Waals surface area contributed by atoms with Crippen LogP contribution in [0.2, 0.25) is 5.02 Å². The summed E-state index contributed by atoms with van der Waals surface area (Å²) in [5.74, 6) is 0.575. The number of aromatic nitrogens is 6. The minimum absolute atomic E-state index is 0.0204. The maximum Gasteiger partial charge on any atom is 0.416 e. The number of benzene rings is 2. The van der Waals surface area contributed by atoms with E-state index in [1.54, 1.807) is 24.3 Å². The standard InChI is InChI=1S/C17H10ClF3N6O/c18-13-6-4-10(5-7-13)16-24-22-14(28-16)9-27-25-15(23-26-27)11-2-1-3-12(8-11)17(19,20)21/h1-8H,9H2. The average molecular weight is 407 g/mol. The molecule has 0 radical (unpaired) electrons. The zero-order chi connectivity index (χ0) is 19.7. The number of tetrazole rings is 1. The quantitative estimate of drug-likeness (QED) is 0.507. The van der Waals surface area contributed by atoms with Crippen molar-refractivity contribution in [3.63, 3.8) is 0 Å². The third-order valence-corrected chi connectivity index (χ3v) is 3.99. The monoisotopic (exact) mass is 406 g/mol. The van der Waals surface area contributed by atoms with Crippen LogP contribution in [0.15, 0.2) is 52.9 Å². The van der Waals surface area contributed by atoms with Gasteiger partial charge in [-0.05, 0) is 41.6 Å². The highest BCUT2D eigenvalue weighted by Gasteiger charge is 2.30. The smallest absolute Gasteiger partial charge is 0.416 e. The molecule has 0 fully saturated rings. The molecule has 0 aliphatic carbocycles. The number of alkyl halides is 3. The number of hydrogen-bond donors (Lipinski definition) is 0. The molecule has 0 spiro atoms. The Balaban J connectivity index is 1.52. The lowest BCUT2D eigenvalue weighted by molar-refractivity contribution is -0.137. The Hall–Kier alpha value is -3.27. The predicted octanol–water partition coefficient (Wildman–Crippen LogP) is 4.11. The van der Waals surface area contributed by atoms with E-state index in [2.05, 4.69) is 25.6 Å². The number of hydrogen-bond acceptors (Lipinski definition) is 6. The van der Waals surface area contributed by atoms with E-state index < -0.39 is 11.7 Å². The first-order valence-corrected chi connectivity index (χ1v) is 8.30. The van der Waals surface area contributed by atoms with Crippen molar-refractivity contribution in [1.82, 2.24) is 30.4 Å². The van der Waals surface area contributed by atoms with Crippen LogP contribution in [0.4, 0.5) is 13.2 Å². The van der Waals surface area contributed by atoms with Crippen molar-refractivity contribution in [2.24, 2.45) is 0 Å². The van der Waals surface area contributed by atoms with Gasteiger partial charge in [-0.2, -0.15) is 18.0 Å². The normalized spacial score (nSPS) is 11.7. The van der Waals surface area contributed by atoms with Gasteiger partial charge in [-0.1, -0.05) is 23.7 Å². The second-order valence-corrected chi connectivity index (χ2v) is 6.17. The molecule has 2 aromatic carbocycles. The molecule has 7 nitrogen and oxygen atoms in total. The molecule has 0 saturated carbocycles. The minimum Gasteiger partial charge on any atom is -0.419 e. The lowest BCUT2D eigenvalue weighted by Crippen LogP contribution is -2.05. The van der Waals surface area contributed by atoms with E-state index >= 15 is 0 Å². The van der Waals surface area contributed by atoms with Crippen LogP contribution in [0.3, 0.4) is 0 Å². The summed E-state index contributed by atoms with van der Waals surface area (Å²) in [5, 5.41) is 20.1. The summed E-state index contributed by atoms with van der Waals surface area (Å²) >= 11 is 5.84. The Kier molecular flexibility index (Phi) is 4.55. The summed E-state index contributed by atoms with van der Waals surface area (Å²) in [6.45, 7) is 0.0204. The highest BCUT2D eigenvalue weighted by Crippen LogP contribution is 2.31. The van der Waals surface area contributed by atoms with Crippen molar-refractivity contribution < 1.29 is 17.6 Å². The van der Waals surface area contributed by atoms with Crippen LogP contribution in [-0.4, -0.2) is 30.4 Å². The van der Waals surface area contributed by atoms with Gasteiger partial charge in [0.25, 0.3) is 0 Å². The molecule has 142 valence electrons.